The summed E-state index contributed by atoms with van der Waals surface area (Å²) in [4.78, 5) is 30.6. The average Bonchev–Trinajstić information content (AvgIpc) is 2.26. The SMILES string of the molecule is CCOc1cc(C)nc(N(CC(=O)O)CC(=O)O)n1. The van der Waals surface area contributed by atoms with E-state index in [9.17, 15) is 9.59 Å². The molecule has 0 saturated carbocycles. The highest BCUT2D eigenvalue weighted by Crippen LogP contribution is 2.15. The van der Waals surface area contributed by atoms with Crippen LogP contribution in [0.4, 0.5) is 5.95 Å². The Bertz CT molecular complexity index is 461. The van der Waals surface area contributed by atoms with E-state index in [0.717, 1.165) is 4.90 Å². The fraction of sp³-hybridized carbons (Fsp3) is 0.455. The Kier molecular flexibility index (Phi) is 5.04. The summed E-state index contributed by atoms with van der Waals surface area (Å²) >= 11 is 0. The number of hydrogen-bond acceptors (Lipinski definition) is 6. The maximum absolute atomic E-state index is 10.7. The molecule has 1 rings (SSSR count). The topological polar surface area (TPSA) is 113 Å². The zero-order chi connectivity index (χ0) is 14.4. The van der Waals surface area contributed by atoms with Crippen molar-refractivity contribution in [1.29, 1.82) is 0 Å². The van der Waals surface area contributed by atoms with Crippen molar-refractivity contribution >= 4 is 17.9 Å². The van der Waals surface area contributed by atoms with Crippen LogP contribution in [0.5, 0.6) is 5.88 Å². The van der Waals surface area contributed by atoms with Gasteiger partial charge in [-0.15, -0.1) is 0 Å². The van der Waals surface area contributed by atoms with Gasteiger partial charge in [0.25, 0.3) is 0 Å². The maximum atomic E-state index is 10.7. The Morgan fingerprint density at radius 3 is 2.32 bits per heavy atom. The highest BCUT2D eigenvalue weighted by molar-refractivity contribution is 5.78. The summed E-state index contributed by atoms with van der Waals surface area (Å²) in [6, 6.07) is 1.59. The zero-order valence-corrected chi connectivity index (χ0v) is 10.7. The van der Waals surface area contributed by atoms with Crippen molar-refractivity contribution in [2.75, 3.05) is 24.6 Å². The molecule has 104 valence electrons. The lowest BCUT2D eigenvalue weighted by atomic mass is 10.4. The van der Waals surface area contributed by atoms with Crippen LogP contribution in [0.25, 0.3) is 0 Å². The van der Waals surface area contributed by atoms with E-state index >= 15 is 0 Å². The van der Waals surface area contributed by atoms with Crippen LogP contribution in [-0.4, -0.2) is 51.8 Å². The molecule has 0 aliphatic heterocycles. The van der Waals surface area contributed by atoms with E-state index < -0.39 is 25.0 Å². The first-order valence-electron chi connectivity index (χ1n) is 5.59. The molecule has 0 aliphatic carbocycles. The van der Waals surface area contributed by atoms with Crippen LogP contribution in [0.15, 0.2) is 6.07 Å². The molecule has 1 aromatic heterocycles. The minimum atomic E-state index is -1.16. The van der Waals surface area contributed by atoms with E-state index in [-0.39, 0.29) is 11.8 Å². The van der Waals surface area contributed by atoms with Crippen LogP contribution in [-0.2, 0) is 9.59 Å². The van der Waals surface area contributed by atoms with E-state index in [1.807, 2.05) is 0 Å². The Morgan fingerprint density at radius 2 is 1.84 bits per heavy atom. The number of ether oxygens (including phenoxy) is 1. The molecule has 0 radical (unpaired) electrons. The smallest absolute Gasteiger partial charge is 0.323 e. The molecule has 2 N–H and O–H groups in total. The quantitative estimate of drug-likeness (QED) is 0.719. The molecular weight excluding hydrogens is 254 g/mol. The number of aliphatic carboxylic acids is 2. The normalized spacial score (nSPS) is 10.0. The minimum absolute atomic E-state index is 0.0215. The van der Waals surface area contributed by atoms with Gasteiger partial charge in [0.2, 0.25) is 11.8 Å². The highest BCUT2D eigenvalue weighted by Gasteiger charge is 2.18. The monoisotopic (exact) mass is 269 g/mol. The number of rotatable bonds is 7. The molecule has 8 heteroatoms. The molecule has 0 fully saturated rings. The lowest BCUT2D eigenvalue weighted by Gasteiger charge is -2.19. The third-order valence-electron chi connectivity index (χ3n) is 2.05. The summed E-state index contributed by atoms with van der Waals surface area (Å²) in [6.45, 7) is 2.87. The highest BCUT2D eigenvalue weighted by atomic mass is 16.5. The minimum Gasteiger partial charge on any atom is -0.480 e. The number of nitrogens with zero attached hydrogens (tertiary/aromatic N) is 3. The number of carbonyl (C=O) groups is 2. The van der Waals surface area contributed by atoms with Gasteiger partial charge >= 0.3 is 11.9 Å². The molecule has 0 bridgehead atoms. The number of anilines is 1. The zero-order valence-electron chi connectivity index (χ0n) is 10.7. The molecule has 0 unspecified atom stereocenters. The van der Waals surface area contributed by atoms with Crippen LogP contribution < -0.4 is 9.64 Å². The largest absolute Gasteiger partial charge is 0.480 e. The first kappa shape index (κ1) is 14.7. The van der Waals surface area contributed by atoms with Gasteiger partial charge in [-0.1, -0.05) is 0 Å². The standard InChI is InChI=1S/C11H15N3O5/c1-3-19-8-4-7(2)12-11(13-8)14(5-9(15)16)6-10(17)18/h4H,3,5-6H2,1-2H3,(H,15,16)(H,17,18). The molecule has 1 aromatic rings. The molecule has 1 heterocycles. The Morgan fingerprint density at radius 1 is 1.26 bits per heavy atom. The van der Waals surface area contributed by atoms with Crippen molar-refractivity contribution in [3.63, 3.8) is 0 Å². The number of aromatic nitrogens is 2. The molecule has 0 spiro atoms. The number of carboxylic acid groups (broad SMARTS) is 2. The van der Waals surface area contributed by atoms with Crippen molar-refractivity contribution < 1.29 is 24.5 Å². The third-order valence-corrected chi connectivity index (χ3v) is 2.05. The Hall–Kier alpha value is -2.38. The Labute approximate surface area is 109 Å². The molecular formula is C11H15N3O5. The molecule has 0 atom stereocenters. The Balaban J connectivity index is 3.05. The molecule has 0 aliphatic rings. The summed E-state index contributed by atoms with van der Waals surface area (Å²) in [5, 5.41) is 17.6. The number of carboxylic acids is 2. The van der Waals surface area contributed by atoms with E-state index in [4.69, 9.17) is 14.9 Å². The van der Waals surface area contributed by atoms with Crippen molar-refractivity contribution in [3.05, 3.63) is 11.8 Å². The van der Waals surface area contributed by atoms with Gasteiger partial charge in [0.1, 0.15) is 13.1 Å². The van der Waals surface area contributed by atoms with Crippen molar-refractivity contribution in [3.8, 4) is 5.88 Å². The number of aryl methyl sites for hydroxylation is 1. The van der Waals surface area contributed by atoms with Gasteiger partial charge in [-0.2, -0.15) is 4.98 Å². The van der Waals surface area contributed by atoms with E-state index in [0.29, 0.717) is 12.3 Å². The van der Waals surface area contributed by atoms with Crippen LogP contribution in [0.3, 0.4) is 0 Å². The van der Waals surface area contributed by atoms with E-state index in [1.165, 1.54) is 0 Å². The summed E-state index contributed by atoms with van der Waals surface area (Å²) in [5.74, 6) is -2.02. The van der Waals surface area contributed by atoms with Gasteiger partial charge in [-0.25, -0.2) is 4.98 Å². The van der Waals surface area contributed by atoms with Crippen LogP contribution in [0.1, 0.15) is 12.6 Å². The molecule has 19 heavy (non-hydrogen) atoms. The van der Waals surface area contributed by atoms with Gasteiger partial charge in [0.05, 0.1) is 6.61 Å². The summed E-state index contributed by atoms with van der Waals surface area (Å²) in [6.07, 6.45) is 0. The maximum Gasteiger partial charge on any atom is 0.323 e. The predicted octanol–water partition coefficient (Wildman–Crippen LogP) is 0.159. The van der Waals surface area contributed by atoms with Gasteiger partial charge in [-0.05, 0) is 13.8 Å². The first-order valence-corrected chi connectivity index (χ1v) is 5.59. The van der Waals surface area contributed by atoms with Crippen molar-refractivity contribution in [2.24, 2.45) is 0 Å². The second kappa shape index (κ2) is 6.53. The van der Waals surface area contributed by atoms with Gasteiger partial charge in [0, 0.05) is 11.8 Å². The second-order valence-electron chi connectivity index (χ2n) is 3.72. The summed E-state index contributed by atoms with van der Waals surface area (Å²) in [7, 11) is 0. The molecule has 0 saturated heterocycles. The fourth-order valence-electron chi connectivity index (χ4n) is 1.41. The van der Waals surface area contributed by atoms with Crippen molar-refractivity contribution in [1.82, 2.24) is 9.97 Å². The molecule has 0 amide bonds. The summed E-state index contributed by atoms with van der Waals surface area (Å²) < 4.78 is 5.21. The summed E-state index contributed by atoms with van der Waals surface area (Å²) in [5.41, 5.74) is 0.564. The van der Waals surface area contributed by atoms with Gasteiger partial charge in [0.15, 0.2) is 0 Å². The van der Waals surface area contributed by atoms with Gasteiger partial charge < -0.3 is 19.8 Å². The van der Waals surface area contributed by atoms with Crippen LogP contribution >= 0.6 is 0 Å². The number of hydrogen-bond donors (Lipinski definition) is 2. The molecule has 8 nitrogen and oxygen atoms in total. The van der Waals surface area contributed by atoms with Crippen LogP contribution in [0.2, 0.25) is 0 Å². The average molecular weight is 269 g/mol. The third kappa shape index (κ3) is 4.78. The van der Waals surface area contributed by atoms with E-state index in [2.05, 4.69) is 9.97 Å². The lowest BCUT2D eigenvalue weighted by molar-refractivity contribution is -0.136. The lowest BCUT2D eigenvalue weighted by Crippen LogP contribution is -2.35. The first-order chi connectivity index (χ1) is 8.92. The predicted molar refractivity (Wildman–Crippen MR) is 65.4 cm³/mol. The van der Waals surface area contributed by atoms with E-state index in [1.54, 1.807) is 19.9 Å². The second-order valence-corrected chi connectivity index (χ2v) is 3.72. The van der Waals surface area contributed by atoms with Crippen LogP contribution in [0, 0.1) is 6.92 Å². The van der Waals surface area contributed by atoms with Gasteiger partial charge in [-0.3, -0.25) is 9.59 Å². The molecule has 0 aromatic carbocycles. The fourth-order valence-corrected chi connectivity index (χ4v) is 1.41. The van der Waals surface area contributed by atoms with Crippen molar-refractivity contribution in [2.45, 2.75) is 13.8 Å².